The Bertz CT molecular complexity index is 3310. The first-order chi connectivity index (χ1) is 28.1. The van der Waals surface area contributed by atoms with Gasteiger partial charge in [0.1, 0.15) is 32.6 Å². The Morgan fingerprint density at radius 3 is 1.47 bits per heavy atom. The van der Waals surface area contributed by atoms with Crippen LogP contribution < -0.4 is 10.9 Å². The number of hydrogen-bond acceptors (Lipinski definition) is 8. The molecule has 0 radical (unpaired) electrons. The SMILES string of the molecule is Bc1c(O)c(O)c(-c2c(B)c(O)c(O)c(O)c2O)c(-c2c3ccccc3c(-c3ccc4oc5c6ccccc6c(-c6ccccc6)cc5c4c3)c3ccccc23)c1O. The lowest BCUT2D eigenvalue weighted by Gasteiger charge is -2.24. The zero-order valence-corrected chi connectivity index (χ0v) is 31.2. The Morgan fingerprint density at radius 2 is 0.828 bits per heavy atom. The summed E-state index contributed by atoms with van der Waals surface area (Å²) in [6.45, 7) is 0. The molecule has 0 aliphatic heterocycles. The van der Waals surface area contributed by atoms with E-state index in [2.05, 4.69) is 36.4 Å². The van der Waals surface area contributed by atoms with Gasteiger partial charge in [-0.2, -0.15) is 0 Å². The summed E-state index contributed by atoms with van der Waals surface area (Å²) in [7, 11) is 2.83. The first-order valence-electron chi connectivity index (χ1n) is 18.7. The molecule has 0 amide bonds. The molecule has 0 aliphatic rings. The predicted molar refractivity (Wildman–Crippen MR) is 236 cm³/mol. The second-order valence-electron chi connectivity index (χ2n) is 14.7. The highest BCUT2D eigenvalue weighted by Crippen LogP contribution is 2.56. The normalized spacial score (nSPS) is 11.7. The highest BCUT2D eigenvalue weighted by Gasteiger charge is 2.32. The Kier molecular flexibility index (Phi) is 7.59. The lowest BCUT2D eigenvalue weighted by atomic mass is 9.76. The van der Waals surface area contributed by atoms with Crippen molar-refractivity contribution in [3.8, 4) is 84.8 Å². The van der Waals surface area contributed by atoms with Crippen LogP contribution in [-0.2, 0) is 0 Å². The average Bonchev–Trinajstić information content (AvgIpc) is 3.63. The van der Waals surface area contributed by atoms with Crippen molar-refractivity contribution < 1.29 is 40.2 Å². The van der Waals surface area contributed by atoms with Crippen LogP contribution in [0.3, 0.4) is 0 Å². The van der Waals surface area contributed by atoms with Crippen LogP contribution >= 0.6 is 0 Å². The van der Waals surface area contributed by atoms with Gasteiger partial charge in [-0.25, -0.2) is 0 Å². The van der Waals surface area contributed by atoms with Crippen LogP contribution in [0.1, 0.15) is 0 Å². The molecular formula is C48H32B2O8. The van der Waals surface area contributed by atoms with Crippen molar-refractivity contribution in [1.82, 2.24) is 0 Å². The van der Waals surface area contributed by atoms with Crippen LogP contribution in [0.2, 0.25) is 0 Å². The maximum absolute atomic E-state index is 12.0. The average molecular weight is 758 g/mol. The molecule has 0 saturated heterocycles. The van der Waals surface area contributed by atoms with Gasteiger partial charge < -0.3 is 40.2 Å². The van der Waals surface area contributed by atoms with E-state index in [0.29, 0.717) is 16.3 Å². The number of furan rings is 1. The van der Waals surface area contributed by atoms with Gasteiger partial charge >= 0.3 is 0 Å². The van der Waals surface area contributed by atoms with E-state index in [-0.39, 0.29) is 27.6 Å². The minimum atomic E-state index is -1.03. The fraction of sp³-hybridized carbons (Fsp3) is 0. The van der Waals surface area contributed by atoms with Gasteiger partial charge in [0.25, 0.3) is 0 Å². The predicted octanol–water partition coefficient (Wildman–Crippen LogP) is 8.17. The molecule has 0 saturated carbocycles. The summed E-state index contributed by atoms with van der Waals surface area (Å²) in [5.41, 5.74) is 5.33. The first-order valence-corrected chi connectivity index (χ1v) is 18.7. The summed E-state index contributed by atoms with van der Waals surface area (Å²) in [5, 5.41) is 84.9. The maximum atomic E-state index is 12.0. The third-order valence-electron chi connectivity index (χ3n) is 11.6. The summed E-state index contributed by atoms with van der Waals surface area (Å²) in [5.74, 6) is -5.34. The van der Waals surface area contributed by atoms with Gasteiger partial charge in [-0.1, -0.05) is 109 Å². The zero-order chi connectivity index (χ0) is 40.1. The van der Waals surface area contributed by atoms with Gasteiger partial charge in [0, 0.05) is 38.4 Å². The number of aromatic hydroxyl groups is 7. The molecule has 0 spiro atoms. The van der Waals surface area contributed by atoms with Crippen molar-refractivity contribution in [2.45, 2.75) is 0 Å². The molecule has 0 unspecified atom stereocenters. The zero-order valence-electron chi connectivity index (χ0n) is 31.2. The molecule has 9 aromatic carbocycles. The molecule has 0 aliphatic carbocycles. The van der Waals surface area contributed by atoms with Crippen molar-refractivity contribution in [2.24, 2.45) is 0 Å². The third-order valence-corrected chi connectivity index (χ3v) is 11.6. The second kappa shape index (κ2) is 12.7. The Balaban J connectivity index is 1.31. The largest absolute Gasteiger partial charge is 0.508 e. The van der Waals surface area contributed by atoms with Gasteiger partial charge in [-0.05, 0) is 78.3 Å². The van der Waals surface area contributed by atoms with Gasteiger partial charge in [0.15, 0.2) is 23.0 Å². The Morgan fingerprint density at radius 1 is 0.328 bits per heavy atom. The van der Waals surface area contributed by atoms with E-state index in [1.165, 1.54) is 15.7 Å². The maximum Gasteiger partial charge on any atom is 0.204 e. The number of rotatable bonds is 4. The van der Waals surface area contributed by atoms with E-state index in [9.17, 15) is 35.7 Å². The number of phenols is 7. The minimum absolute atomic E-state index is 0.0301. The van der Waals surface area contributed by atoms with Crippen LogP contribution in [0.5, 0.6) is 40.2 Å². The fourth-order valence-electron chi connectivity index (χ4n) is 8.76. The number of phenolic OH excluding ortho intramolecular Hbond substituents is 7. The summed E-state index contributed by atoms with van der Waals surface area (Å²) in [6, 6.07) is 42.2. The van der Waals surface area contributed by atoms with E-state index in [1.807, 2.05) is 91.0 Å². The molecule has 7 N–H and O–H groups in total. The smallest absolute Gasteiger partial charge is 0.204 e. The van der Waals surface area contributed by atoms with Crippen LogP contribution in [0.15, 0.2) is 132 Å². The standard InChI is InChI=1S/C48H32B2O8/c49-39-38(43(53)46(56)47(57)44(39)54)37-36(41(51)40(50)45(55)42(37)52)35-27-15-7-5-13-25(27)34(26-14-6-8-16-28(26)35)23-18-19-33-31(20-23)32-21-30(22-10-2-1-3-11-22)24-12-4-9-17-29(24)48(32)58-33/h1-21,51-57H,49-50H2. The van der Waals surface area contributed by atoms with E-state index in [1.54, 1.807) is 0 Å². The summed E-state index contributed by atoms with van der Waals surface area (Å²) in [4.78, 5) is 0. The quantitative estimate of drug-likeness (QED) is 0.0411. The van der Waals surface area contributed by atoms with Crippen LogP contribution in [0, 0.1) is 0 Å². The number of benzene rings is 9. The van der Waals surface area contributed by atoms with E-state index >= 15 is 0 Å². The molecule has 58 heavy (non-hydrogen) atoms. The van der Waals surface area contributed by atoms with Gasteiger partial charge in [0.05, 0.1) is 0 Å². The van der Waals surface area contributed by atoms with Crippen LogP contribution in [0.4, 0.5) is 0 Å². The highest BCUT2D eigenvalue weighted by molar-refractivity contribution is 6.41. The monoisotopic (exact) mass is 758 g/mol. The minimum Gasteiger partial charge on any atom is -0.508 e. The molecular weight excluding hydrogens is 726 g/mol. The summed E-state index contributed by atoms with van der Waals surface area (Å²) >= 11 is 0. The third kappa shape index (κ3) is 4.78. The van der Waals surface area contributed by atoms with Gasteiger partial charge in [-0.15, -0.1) is 0 Å². The van der Waals surface area contributed by atoms with Crippen molar-refractivity contribution in [2.75, 3.05) is 0 Å². The van der Waals surface area contributed by atoms with E-state index in [0.717, 1.165) is 65.7 Å². The fourth-order valence-corrected chi connectivity index (χ4v) is 8.76. The molecule has 10 aromatic rings. The molecule has 1 heterocycles. The topological polar surface area (TPSA) is 155 Å². The molecule has 1 aromatic heterocycles. The molecule has 10 rings (SSSR count). The van der Waals surface area contributed by atoms with Gasteiger partial charge in [-0.3, -0.25) is 0 Å². The van der Waals surface area contributed by atoms with Crippen molar-refractivity contribution in [3.05, 3.63) is 127 Å². The molecule has 0 bridgehead atoms. The lowest BCUT2D eigenvalue weighted by molar-refractivity contribution is 0.348. The summed E-state index contributed by atoms with van der Waals surface area (Å²) < 4.78 is 6.60. The lowest BCUT2D eigenvalue weighted by Crippen LogP contribution is -2.12. The van der Waals surface area contributed by atoms with Crippen molar-refractivity contribution in [1.29, 1.82) is 0 Å². The Labute approximate surface area is 332 Å². The second-order valence-corrected chi connectivity index (χ2v) is 14.7. The van der Waals surface area contributed by atoms with Crippen molar-refractivity contribution in [3.63, 3.8) is 0 Å². The van der Waals surface area contributed by atoms with Crippen LogP contribution in [0.25, 0.3) is 98.8 Å². The van der Waals surface area contributed by atoms with E-state index in [4.69, 9.17) is 4.42 Å². The van der Waals surface area contributed by atoms with Crippen LogP contribution in [-0.4, -0.2) is 51.4 Å². The Hall–Kier alpha value is -7.71. The molecule has 278 valence electrons. The molecule has 10 heteroatoms. The molecule has 0 atom stereocenters. The van der Waals surface area contributed by atoms with Gasteiger partial charge in [0.2, 0.25) is 11.5 Å². The molecule has 8 nitrogen and oxygen atoms in total. The highest BCUT2D eigenvalue weighted by atomic mass is 16.3. The number of hydrogen-bond donors (Lipinski definition) is 7. The molecule has 0 fully saturated rings. The summed E-state index contributed by atoms with van der Waals surface area (Å²) in [6.07, 6.45) is 0. The first kappa shape index (κ1) is 34.8. The van der Waals surface area contributed by atoms with E-state index < -0.39 is 40.2 Å². The number of fused-ring (bicyclic) bond motifs is 7. The van der Waals surface area contributed by atoms with Crippen molar-refractivity contribution >= 4 is 80.9 Å².